The number of ether oxygens (including phenoxy) is 1. The van der Waals surface area contributed by atoms with Crippen LogP contribution in [0.25, 0.3) is 0 Å². The van der Waals surface area contributed by atoms with Gasteiger partial charge in [0, 0.05) is 18.0 Å². The molecule has 0 aliphatic carbocycles. The number of benzene rings is 3. The van der Waals surface area contributed by atoms with Gasteiger partial charge in [0.1, 0.15) is 18.3 Å². The third kappa shape index (κ3) is 8.50. The SMILES string of the molecule is CCCCNC(=O)C(C)N(Cc1ccccc1)C(=O)CN(c1ccccc1OCC)S(=O)(=O)c1ccc(SC)cc1. The largest absolute Gasteiger partial charge is 0.492 e. The number of rotatable bonds is 15. The Balaban J connectivity index is 2.04. The van der Waals surface area contributed by atoms with Crippen LogP contribution in [-0.2, 0) is 26.2 Å². The Morgan fingerprint density at radius 2 is 1.61 bits per heavy atom. The van der Waals surface area contributed by atoms with Crippen molar-refractivity contribution in [1.29, 1.82) is 0 Å². The molecule has 0 fully saturated rings. The summed E-state index contributed by atoms with van der Waals surface area (Å²) in [6.45, 7) is 5.95. The Hall–Kier alpha value is -3.50. The first kappa shape index (κ1) is 32.0. The van der Waals surface area contributed by atoms with E-state index in [-0.39, 0.29) is 23.0 Å². The highest BCUT2D eigenvalue weighted by Crippen LogP contribution is 2.33. The lowest BCUT2D eigenvalue weighted by Crippen LogP contribution is -2.51. The van der Waals surface area contributed by atoms with Crippen LogP contribution in [-0.4, -0.2) is 57.1 Å². The van der Waals surface area contributed by atoms with Crippen molar-refractivity contribution in [1.82, 2.24) is 10.2 Å². The van der Waals surface area contributed by atoms with Crippen LogP contribution in [0.2, 0.25) is 0 Å². The zero-order valence-corrected chi connectivity index (χ0v) is 25.7. The molecule has 0 heterocycles. The molecule has 0 aliphatic rings. The van der Waals surface area contributed by atoms with E-state index in [1.165, 1.54) is 28.8 Å². The highest BCUT2D eigenvalue weighted by molar-refractivity contribution is 7.98. The number of anilines is 1. The van der Waals surface area contributed by atoms with Crippen molar-refractivity contribution >= 4 is 39.3 Å². The number of unbranched alkanes of at least 4 members (excludes halogenated alkanes) is 1. The lowest BCUT2D eigenvalue weighted by atomic mass is 10.1. The molecule has 0 aliphatic heterocycles. The van der Waals surface area contributed by atoms with Gasteiger partial charge in [-0.2, -0.15) is 0 Å². The van der Waals surface area contributed by atoms with Crippen molar-refractivity contribution < 1.29 is 22.7 Å². The Morgan fingerprint density at radius 1 is 0.951 bits per heavy atom. The molecule has 3 rings (SSSR count). The minimum absolute atomic E-state index is 0.0503. The van der Waals surface area contributed by atoms with Crippen LogP contribution < -0.4 is 14.4 Å². The molecular weight excluding hydrogens is 558 g/mol. The monoisotopic (exact) mass is 597 g/mol. The minimum Gasteiger partial charge on any atom is -0.492 e. The fourth-order valence-corrected chi connectivity index (χ4v) is 6.06. The van der Waals surface area contributed by atoms with Crippen molar-refractivity contribution in [3.8, 4) is 5.75 Å². The van der Waals surface area contributed by atoms with Crippen molar-refractivity contribution in [2.45, 2.75) is 56.0 Å². The summed E-state index contributed by atoms with van der Waals surface area (Å²) in [4.78, 5) is 29.5. The topological polar surface area (TPSA) is 96.0 Å². The number of carbonyl (C=O) groups excluding carboxylic acids is 2. The van der Waals surface area contributed by atoms with Crippen molar-refractivity contribution in [3.05, 3.63) is 84.4 Å². The molecule has 3 aromatic rings. The van der Waals surface area contributed by atoms with Gasteiger partial charge in [0.2, 0.25) is 11.8 Å². The fourth-order valence-electron chi connectivity index (χ4n) is 4.23. The van der Waals surface area contributed by atoms with Crippen LogP contribution in [0.1, 0.15) is 39.2 Å². The molecule has 3 aromatic carbocycles. The number of hydrogen-bond donors (Lipinski definition) is 1. The molecule has 1 unspecified atom stereocenters. The summed E-state index contributed by atoms with van der Waals surface area (Å²) in [5.74, 6) is -0.464. The molecule has 220 valence electrons. The quantitative estimate of drug-likeness (QED) is 0.188. The van der Waals surface area contributed by atoms with Crippen LogP contribution in [0.15, 0.2) is 88.7 Å². The molecule has 10 heteroatoms. The van der Waals surface area contributed by atoms with Gasteiger partial charge >= 0.3 is 0 Å². The van der Waals surface area contributed by atoms with Crippen LogP contribution in [0.5, 0.6) is 5.75 Å². The third-order valence-electron chi connectivity index (χ3n) is 6.55. The maximum absolute atomic E-state index is 14.1. The van der Waals surface area contributed by atoms with Gasteiger partial charge in [0.25, 0.3) is 10.0 Å². The molecular formula is C31H39N3O5S2. The van der Waals surface area contributed by atoms with E-state index in [0.29, 0.717) is 18.9 Å². The first-order chi connectivity index (χ1) is 19.7. The van der Waals surface area contributed by atoms with Crippen molar-refractivity contribution in [2.75, 3.05) is 30.3 Å². The maximum Gasteiger partial charge on any atom is 0.264 e. The van der Waals surface area contributed by atoms with Gasteiger partial charge in [-0.3, -0.25) is 13.9 Å². The molecule has 8 nitrogen and oxygen atoms in total. The Kier molecular flexibility index (Phi) is 12.1. The third-order valence-corrected chi connectivity index (χ3v) is 9.07. The standard InChI is InChI=1S/C31H39N3O5S2/c1-5-7-21-32-31(36)24(3)33(22-25-13-9-8-10-14-25)30(35)23-34(28-15-11-12-16-29(28)39-6-2)41(37,38)27-19-17-26(40-4)18-20-27/h8-20,24H,5-7,21-23H2,1-4H3,(H,32,36). The number of nitrogens with zero attached hydrogens (tertiary/aromatic N) is 2. The summed E-state index contributed by atoms with van der Waals surface area (Å²) in [5, 5.41) is 2.90. The van der Waals surface area contributed by atoms with E-state index in [0.717, 1.165) is 27.6 Å². The predicted octanol–water partition coefficient (Wildman–Crippen LogP) is 5.34. The molecule has 0 saturated heterocycles. The molecule has 41 heavy (non-hydrogen) atoms. The van der Waals surface area contributed by atoms with Crippen LogP contribution >= 0.6 is 11.8 Å². The van der Waals surface area contributed by atoms with E-state index in [1.54, 1.807) is 43.3 Å². The maximum atomic E-state index is 14.1. The Labute approximate surface area is 248 Å². The molecule has 2 amide bonds. The second-order valence-corrected chi connectivity index (χ2v) is 12.2. The summed E-state index contributed by atoms with van der Waals surface area (Å²) in [7, 11) is -4.19. The summed E-state index contributed by atoms with van der Waals surface area (Å²) >= 11 is 1.50. The molecule has 0 spiro atoms. The first-order valence-corrected chi connectivity index (χ1v) is 16.4. The predicted molar refractivity (Wildman–Crippen MR) is 165 cm³/mol. The molecule has 0 aromatic heterocycles. The van der Waals surface area contributed by atoms with Crippen LogP contribution in [0.4, 0.5) is 5.69 Å². The average Bonchev–Trinajstić information content (AvgIpc) is 2.99. The number of nitrogens with one attached hydrogen (secondary N) is 1. The van der Waals surface area contributed by atoms with E-state index in [4.69, 9.17) is 4.74 Å². The normalized spacial score (nSPS) is 11.9. The zero-order chi connectivity index (χ0) is 29.8. The highest BCUT2D eigenvalue weighted by atomic mass is 32.2. The van der Waals surface area contributed by atoms with Crippen molar-refractivity contribution in [2.24, 2.45) is 0 Å². The van der Waals surface area contributed by atoms with E-state index in [2.05, 4.69) is 5.32 Å². The van der Waals surface area contributed by atoms with E-state index < -0.39 is 28.5 Å². The number of hydrogen-bond acceptors (Lipinski definition) is 6. The number of sulfonamides is 1. The number of amides is 2. The van der Waals surface area contributed by atoms with Crippen LogP contribution in [0, 0.1) is 0 Å². The Bertz CT molecular complexity index is 1380. The lowest BCUT2D eigenvalue weighted by Gasteiger charge is -2.32. The molecule has 1 atom stereocenters. The number of carbonyl (C=O) groups is 2. The van der Waals surface area contributed by atoms with Gasteiger partial charge in [-0.25, -0.2) is 8.42 Å². The second kappa shape index (κ2) is 15.5. The van der Waals surface area contributed by atoms with E-state index >= 15 is 0 Å². The fraction of sp³-hybridized carbons (Fsp3) is 0.355. The van der Waals surface area contributed by atoms with Gasteiger partial charge in [-0.05, 0) is 68.5 Å². The first-order valence-electron chi connectivity index (χ1n) is 13.7. The minimum atomic E-state index is -4.19. The van der Waals surface area contributed by atoms with Gasteiger partial charge in [-0.15, -0.1) is 11.8 Å². The van der Waals surface area contributed by atoms with Crippen molar-refractivity contribution in [3.63, 3.8) is 0 Å². The number of thioether (sulfide) groups is 1. The van der Waals surface area contributed by atoms with Crippen LogP contribution in [0.3, 0.4) is 0 Å². The summed E-state index contributed by atoms with van der Waals surface area (Å²) in [6.07, 6.45) is 3.65. The lowest BCUT2D eigenvalue weighted by molar-refractivity contribution is -0.139. The van der Waals surface area contributed by atoms with Gasteiger partial charge in [0.15, 0.2) is 0 Å². The van der Waals surface area contributed by atoms with E-state index in [1.807, 2.05) is 50.4 Å². The summed E-state index contributed by atoms with van der Waals surface area (Å²) < 4.78 is 35.0. The Morgan fingerprint density at radius 3 is 2.24 bits per heavy atom. The highest BCUT2D eigenvalue weighted by Gasteiger charge is 2.33. The molecule has 0 radical (unpaired) electrons. The molecule has 0 bridgehead atoms. The zero-order valence-electron chi connectivity index (χ0n) is 24.1. The van der Waals surface area contributed by atoms with E-state index in [9.17, 15) is 18.0 Å². The second-order valence-electron chi connectivity index (χ2n) is 9.42. The summed E-state index contributed by atoms with van der Waals surface area (Å²) in [6, 6.07) is 21.8. The molecule has 1 N–H and O–H groups in total. The average molecular weight is 598 g/mol. The summed E-state index contributed by atoms with van der Waals surface area (Å²) in [5.41, 5.74) is 1.07. The van der Waals surface area contributed by atoms with Gasteiger partial charge < -0.3 is 15.0 Å². The number of para-hydroxylation sites is 2. The van der Waals surface area contributed by atoms with Gasteiger partial charge in [0.05, 0.1) is 17.2 Å². The molecule has 0 saturated carbocycles. The smallest absolute Gasteiger partial charge is 0.264 e. The van der Waals surface area contributed by atoms with Gasteiger partial charge in [-0.1, -0.05) is 55.8 Å².